The summed E-state index contributed by atoms with van der Waals surface area (Å²) in [5.41, 5.74) is 0. The van der Waals surface area contributed by atoms with E-state index in [2.05, 4.69) is 0 Å². The quantitative estimate of drug-likeness (QED) is 0.102. The molecule has 15 heteroatoms. The standard InChI is InChI=1S/C29H48O15/c1-11-21(34)24(37)27(41-12(2)30)29(40-11)39-10-20-22(35)23(36)25(38)28(44-20)43-19-9-16-17(33)7-15(32)8-18(16)42-26(19)13-3-5-14(31)6-4-13/h11,13-29,31-38H,3-10H2,1-2H3/p+1. The Morgan fingerprint density at radius 1 is 0.795 bits per heavy atom. The number of fused-ring (bicyclic) bond motifs is 1. The number of rotatable bonds is 7. The summed E-state index contributed by atoms with van der Waals surface area (Å²) >= 11 is 0. The van der Waals surface area contributed by atoms with Crippen molar-refractivity contribution in [1.29, 1.82) is 0 Å². The normalized spacial score (nSPS) is 51.8. The minimum Gasteiger partial charge on any atom is -0.454 e. The molecule has 0 aromatic heterocycles. The van der Waals surface area contributed by atoms with Gasteiger partial charge in [-0.25, -0.2) is 0 Å². The molecule has 3 heterocycles. The third-order valence-corrected chi connectivity index (χ3v) is 9.98. The van der Waals surface area contributed by atoms with E-state index in [0.717, 1.165) is 6.92 Å². The number of hydrogen-bond donors (Lipinski definition) is 8. The Morgan fingerprint density at radius 3 is 2.18 bits per heavy atom. The second kappa shape index (κ2) is 14.4. The molecule has 5 aliphatic rings. The number of carbonyl (C=O) groups excluding carboxylic acids is 1. The first-order valence-electron chi connectivity index (χ1n) is 15.7. The van der Waals surface area contributed by atoms with E-state index >= 15 is 0 Å². The predicted octanol–water partition coefficient (Wildman–Crippen LogP) is -3.05. The Hall–Kier alpha value is -1.05. The van der Waals surface area contributed by atoms with Crippen LogP contribution >= 0.6 is 0 Å². The molecule has 3 saturated heterocycles. The van der Waals surface area contributed by atoms with Crippen LogP contribution in [-0.2, 0) is 28.5 Å². The first kappa shape index (κ1) is 34.3. The van der Waals surface area contributed by atoms with Crippen molar-refractivity contribution in [3.8, 4) is 0 Å². The smallest absolute Gasteiger partial charge is 0.303 e. The van der Waals surface area contributed by atoms with Crippen LogP contribution in [0.3, 0.4) is 0 Å². The second-order valence-electron chi connectivity index (χ2n) is 13.2. The van der Waals surface area contributed by atoms with Crippen molar-refractivity contribution in [3.63, 3.8) is 0 Å². The molecule has 2 aliphatic carbocycles. The summed E-state index contributed by atoms with van der Waals surface area (Å²) in [6.07, 6.45) is -13.5. The fraction of sp³-hybridized carbons (Fsp3) is 0.966. The fourth-order valence-corrected chi connectivity index (χ4v) is 7.46. The van der Waals surface area contributed by atoms with Crippen LogP contribution < -0.4 is 0 Å². The third kappa shape index (κ3) is 7.40. The average Bonchev–Trinajstić information content (AvgIpc) is 2.97. The molecule has 254 valence electrons. The van der Waals surface area contributed by atoms with E-state index in [4.69, 9.17) is 28.4 Å². The van der Waals surface area contributed by atoms with Crippen molar-refractivity contribution in [2.45, 2.75) is 157 Å². The maximum Gasteiger partial charge on any atom is 0.303 e. The summed E-state index contributed by atoms with van der Waals surface area (Å²) in [6, 6.07) is 0. The van der Waals surface area contributed by atoms with Gasteiger partial charge >= 0.3 is 5.97 Å². The molecule has 0 aromatic rings. The lowest BCUT2D eigenvalue weighted by atomic mass is 9.73. The number of carbonyl (C=O) groups is 1. The molecular formula is C29H49O15+. The van der Waals surface area contributed by atoms with Gasteiger partial charge < -0.3 is 69.3 Å². The molecule has 44 heavy (non-hydrogen) atoms. The van der Waals surface area contributed by atoms with Crippen LogP contribution in [0, 0.1) is 11.8 Å². The molecule has 0 bridgehead atoms. The van der Waals surface area contributed by atoms with Gasteiger partial charge in [-0.1, -0.05) is 0 Å². The van der Waals surface area contributed by atoms with Gasteiger partial charge in [0.2, 0.25) is 0 Å². The SMILES string of the molecule is CC(=O)OC1C(OCC2OC(OC3CC4C(O)CC(O)CC4[OH+]C3C3CCC(O)CC3)C(O)C(O)C2O)OC(C)C(O)C1O. The van der Waals surface area contributed by atoms with Crippen molar-refractivity contribution in [3.05, 3.63) is 0 Å². The minimum absolute atomic E-state index is 0.0568. The Kier molecular flexibility index (Phi) is 11.2. The Morgan fingerprint density at radius 2 is 1.50 bits per heavy atom. The van der Waals surface area contributed by atoms with Gasteiger partial charge in [-0.2, -0.15) is 0 Å². The van der Waals surface area contributed by atoms with Crippen molar-refractivity contribution in [1.82, 2.24) is 0 Å². The summed E-state index contributed by atoms with van der Waals surface area (Å²) < 4.78 is 33.7. The molecular weight excluding hydrogens is 588 g/mol. The lowest BCUT2D eigenvalue weighted by Crippen LogP contribution is -2.63. The summed E-state index contributed by atoms with van der Waals surface area (Å²) in [5.74, 6) is -0.968. The zero-order chi connectivity index (χ0) is 31.9. The lowest BCUT2D eigenvalue weighted by Gasteiger charge is -2.48. The molecule has 3 aliphatic heterocycles. The zero-order valence-electron chi connectivity index (χ0n) is 25.0. The summed E-state index contributed by atoms with van der Waals surface area (Å²) in [7, 11) is 0. The van der Waals surface area contributed by atoms with Gasteiger partial charge in [-0.3, -0.25) is 4.79 Å². The molecule has 16 unspecified atom stereocenters. The number of hydrogen-bond acceptors (Lipinski definition) is 14. The maximum atomic E-state index is 11.6. The van der Waals surface area contributed by atoms with Gasteiger partial charge in [0, 0.05) is 25.7 Å². The molecule has 0 radical (unpaired) electrons. The average molecular weight is 638 g/mol. The van der Waals surface area contributed by atoms with Crippen molar-refractivity contribution >= 4 is 5.97 Å². The molecule has 0 spiro atoms. The van der Waals surface area contributed by atoms with E-state index in [0.29, 0.717) is 38.5 Å². The van der Waals surface area contributed by atoms with E-state index < -0.39 is 92.3 Å². The highest BCUT2D eigenvalue weighted by molar-refractivity contribution is 5.66. The molecule has 5 rings (SSSR count). The molecule has 5 fully saturated rings. The largest absolute Gasteiger partial charge is 0.454 e. The van der Waals surface area contributed by atoms with E-state index in [-0.39, 0.29) is 36.6 Å². The molecule has 2 saturated carbocycles. The molecule has 0 amide bonds. The van der Waals surface area contributed by atoms with Crippen LogP contribution in [0.25, 0.3) is 0 Å². The highest BCUT2D eigenvalue weighted by Crippen LogP contribution is 2.42. The Labute approximate surface area is 255 Å². The van der Waals surface area contributed by atoms with E-state index in [1.54, 1.807) is 0 Å². The lowest BCUT2D eigenvalue weighted by molar-refractivity contribution is -0.361. The fourth-order valence-electron chi connectivity index (χ4n) is 7.46. The van der Waals surface area contributed by atoms with Crippen LogP contribution in [0.5, 0.6) is 0 Å². The zero-order valence-corrected chi connectivity index (χ0v) is 25.0. The van der Waals surface area contributed by atoms with Crippen LogP contribution in [-0.4, -0.2) is 156 Å². The van der Waals surface area contributed by atoms with E-state index in [1.807, 2.05) is 0 Å². The van der Waals surface area contributed by atoms with Gasteiger partial charge in [0.05, 0.1) is 36.9 Å². The molecule has 9 N–H and O–H groups in total. The van der Waals surface area contributed by atoms with Gasteiger partial charge in [-0.05, 0) is 39.0 Å². The Balaban J connectivity index is 1.29. The summed E-state index contributed by atoms with van der Waals surface area (Å²) in [6.45, 7) is 2.19. The van der Waals surface area contributed by atoms with E-state index in [1.165, 1.54) is 6.92 Å². The van der Waals surface area contributed by atoms with Crippen LogP contribution in [0.2, 0.25) is 0 Å². The summed E-state index contributed by atoms with van der Waals surface area (Å²) in [4.78, 5) is 11.6. The highest BCUT2D eigenvalue weighted by Gasteiger charge is 2.54. The van der Waals surface area contributed by atoms with Crippen molar-refractivity contribution in [2.75, 3.05) is 6.61 Å². The number of aliphatic hydroxyl groups is 10. The van der Waals surface area contributed by atoms with Gasteiger partial charge in [0.15, 0.2) is 30.9 Å². The molecule has 16 atom stereocenters. The van der Waals surface area contributed by atoms with Gasteiger partial charge in [-0.15, -0.1) is 0 Å². The topological polar surface area (TPSA) is 238 Å². The first-order valence-corrected chi connectivity index (χ1v) is 15.7. The number of esters is 1. The first-order chi connectivity index (χ1) is 20.8. The molecule has 15 nitrogen and oxygen atoms in total. The van der Waals surface area contributed by atoms with Gasteiger partial charge in [0.1, 0.15) is 42.7 Å². The van der Waals surface area contributed by atoms with Crippen LogP contribution in [0.15, 0.2) is 0 Å². The van der Waals surface area contributed by atoms with E-state index in [9.17, 15) is 45.6 Å². The highest BCUT2D eigenvalue weighted by atomic mass is 16.7. The monoisotopic (exact) mass is 637 g/mol. The van der Waals surface area contributed by atoms with Gasteiger partial charge in [0.25, 0.3) is 0 Å². The Bertz CT molecular complexity index is 948. The maximum absolute atomic E-state index is 11.6. The van der Waals surface area contributed by atoms with Crippen molar-refractivity contribution < 1.29 is 74.1 Å². The second-order valence-corrected chi connectivity index (χ2v) is 13.2. The molecule has 0 aromatic carbocycles. The minimum atomic E-state index is -1.68. The van der Waals surface area contributed by atoms with Crippen LogP contribution in [0.1, 0.15) is 58.8 Å². The van der Waals surface area contributed by atoms with Crippen molar-refractivity contribution in [2.24, 2.45) is 11.8 Å². The summed E-state index contributed by atoms with van der Waals surface area (Å²) in [5, 5.41) is 84.1. The third-order valence-electron chi connectivity index (χ3n) is 9.98. The van der Waals surface area contributed by atoms with Crippen LogP contribution in [0.4, 0.5) is 0 Å². The number of aliphatic hydroxyl groups excluding tert-OH is 8. The number of ether oxygens (including phenoxy) is 6. The predicted molar refractivity (Wildman–Crippen MR) is 147 cm³/mol.